The highest BCUT2D eigenvalue weighted by Crippen LogP contribution is 2.22. The standard InChI is InChI=1S/C12H14BrNO5S/c1-2-19-10(15)6-3-7(12(17)18)14-11(16)8-4-5-9(13)20-8/h4-5,7H,2-3,6H2,1H3,(H,14,16)(H,17,18)/t7-/m0/s1. The summed E-state index contributed by atoms with van der Waals surface area (Å²) in [5.41, 5.74) is 0. The van der Waals surface area contributed by atoms with Crippen LogP contribution < -0.4 is 5.32 Å². The topological polar surface area (TPSA) is 92.7 Å². The molecule has 0 spiro atoms. The van der Waals surface area contributed by atoms with E-state index in [0.29, 0.717) is 4.88 Å². The zero-order valence-electron chi connectivity index (χ0n) is 10.7. The van der Waals surface area contributed by atoms with Crippen molar-refractivity contribution in [1.29, 1.82) is 0 Å². The molecule has 6 nitrogen and oxygen atoms in total. The minimum absolute atomic E-state index is 0.00749. The number of nitrogens with one attached hydrogen (secondary N) is 1. The van der Waals surface area contributed by atoms with E-state index < -0.39 is 23.9 Å². The lowest BCUT2D eigenvalue weighted by Crippen LogP contribution is -2.40. The Labute approximate surface area is 128 Å². The quantitative estimate of drug-likeness (QED) is 0.723. The van der Waals surface area contributed by atoms with Gasteiger partial charge in [-0.1, -0.05) is 0 Å². The fourth-order valence-corrected chi connectivity index (χ4v) is 2.71. The summed E-state index contributed by atoms with van der Waals surface area (Å²) in [5, 5.41) is 11.4. The van der Waals surface area contributed by atoms with Gasteiger partial charge in [-0.15, -0.1) is 11.3 Å². The molecular formula is C12H14BrNO5S. The minimum Gasteiger partial charge on any atom is -0.480 e. The van der Waals surface area contributed by atoms with Gasteiger partial charge in [-0.3, -0.25) is 9.59 Å². The van der Waals surface area contributed by atoms with Crippen molar-refractivity contribution in [2.45, 2.75) is 25.8 Å². The van der Waals surface area contributed by atoms with Crippen LogP contribution in [0.25, 0.3) is 0 Å². The normalized spacial score (nSPS) is 11.7. The Balaban J connectivity index is 2.57. The number of halogens is 1. The van der Waals surface area contributed by atoms with Crippen molar-refractivity contribution in [3.05, 3.63) is 20.8 Å². The van der Waals surface area contributed by atoms with Crippen LogP contribution in [-0.2, 0) is 14.3 Å². The third-order valence-corrected chi connectivity index (χ3v) is 3.97. The van der Waals surface area contributed by atoms with Crippen molar-refractivity contribution in [1.82, 2.24) is 5.32 Å². The monoisotopic (exact) mass is 363 g/mol. The summed E-state index contributed by atoms with van der Waals surface area (Å²) in [5.74, 6) is -2.14. The second kappa shape index (κ2) is 8.01. The van der Waals surface area contributed by atoms with Crippen molar-refractivity contribution >= 4 is 45.1 Å². The average Bonchev–Trinajstić information content (AvgIpc) is 2.81. The van der Waals surface area contributed by atoms with Crippen molar-refractivity contribution in [2.24, 2.45) is 0 Å². The number of rotatable bonds is 7. The summed E-state index contributed by atoms with van der Waals surface area (Å²) in [6.07, 6.45) is -0.0638. The minimum atomic E-state index is -1.18. The Morgan fingerprint density at radius 3 is 2.65 bits per heavy atom. The fraction of sp³-hybridized carbons (Fsp3) is 0.417. The van der Waals surface area contributed by atoms with Gasteiger partial charge in [0, 0.05) is 6.42 Å². The van der Waals surface area contributed by atoms with Gasteiger partial charge in [0.15, 0.2) is 0 Å². The Morgan fingerprint density at radius 1 is 1.45 bits per heavy atom. The van der Waals surface area contributed by atoms with Crippen LogP contribution in [0, 0.1) is 0 Å². The van der Waals surface area contributed by atoms with E-state index in [1.54, 1.807) is 19.1 Å². The van der Waals surface area contributed by atoms with Crippen LogP contribution in [-0.4, -0.2) is 35.6 Å². The van der Waals surface area contributed by atoms with E-state index in [2.05, 4.69) is 21.2 Å². The molecule has 8 heteroatoms. The van der Waals surface area contributed by atoms with Gasteiger partial charge in [0.1, 0.15) is 6.04 Å². The second-order valence-corrected chi connectivity index (χ2v) is 6.27. The zero-order chi connectivity index (χ0) is 15.1. The van der Waals surface area contributed by atoms with Gasteiger partial charge in [0.2, 0.25) is 0 Å². The third-order valence-electron chi connectivity index (χ3n) is 2.34. The molecule has 0 radical (unpaired) electrons. The highest BCUT2D eigenvalue weighted by atomic mass is 79.9. The number of thiophene rings is 1. The molecule has 0 aliphatic carbocycles. The Kier molecular flexibility index (Phi) is 6.66. The SMILES string of the molecule is CCOC(=O)CC[C@H](NC(=O)c1ccc(Br)s1)C(=O)O. The molecule has 1 heterocycles. The predicted octanol–water partition coefficient (Wildman–Crippen LogP) is 2.04. The number of carbonyl (C=O) groups is 3. The number of esters is 1. The van der Waals surface area contributed by atoms with E-state index >= 15 is 0 Å². The number of hydrogen-bond acceptors (Lipinski definition) is 5. The number of carboxylic acids is 1. The van der Waals surface area contributed by atoms with Crippen molar-refractivity contribution in [3.63, 3.8) is 0 Å². The molecule has 1 rings (SSSR count). The number of ether oxygens (including phenoxy) is 1. The first-order valence-corrected chi connectivity index (χ1v) is 7.49. The van der Waals surface area contributed by atoms with Crippen LogP contribution in [0.15, 0.2) is 15.9 Å². The summed E-state index contributed by atoms with van der Waals surface area (Å²) in [6, 6.07) is 2.18. The van der Waals surface area contributed by atoms with E-state index in [-0.39, 0.29) is 19.4 Å². The molecule has 0 fully saturated rings. The van der Waals surface area contributed by atoms with Crippen molar-refractivity contribution in [2.75, 3.05) is 6.61 Å². The number of amides is 1. The van der Waals surface area contributed by atoms with E-state index in [9.17, 15) is 14.4 Å². The fourth-order valence-electron chi connectivity index (χ4n) is 1.42. The number of aliphatic carboxylic acids is 1. The van der Waals surface area contributed by atoms with Gasteiger partial charge < -0.3 is 15.2 Å². The first-order valence-electron chi connectivity index (χ1n) is 5.88. The lowest BCUT2D eigenvalue weighted by Gasteiger charge is -2.13. The lowest BCUT2D eigenvalue weighted by molar-refractivity contribution is -0.144. The van der Waals surface area contributed by atoms with Gasteiger partial charge in [-0.2, -0.15) is 0 Å². The molecule has 1 amide bonds. The molecule has 0 saturated heterocycles. The van der Waals surface area contributed by atoms with Crippen LogP contribution in [0.4, 0.5) is 0 Å². The molecule has 0 unspecified atom stereocenters. The predicted molar refractivity (Wildman–Crippen MR) is 76.8 cm³/mol. The number of hydrogen-bond donors (Lipinski definition) is 2. The summed E-state index contributed by atoms with van der Waals surface area (Å²) < 4.78 is 5.50. The van der Waals surface area contributed by atoms with Crippen molar-refractivity contribution in [3.8, 4) is 0 Å². The van der Waals surface area contributed by atoms with E-state index in [1.165, 1.54) is 11.3 Å². The Morgan fingerprint density at radius 2 is 2.15 bits per heavy atom. The molecule has 2 N–H and O–H groups in total. The van der Waals surface area contributed by atoms with Gasteiger partial charge in [-0.05, 0) is 41.4 Å². The Bertz CT molecular complexity index is 502. The van der Waals surface area contributed by atoms with Crippen LogP contribution in [0.1, 0.15) is 29.4 Å². The molecule has 1 atom stereocenters. The molecule has 0 saturated carbocycles. The molecule has 0 aliphatic heterocycles. The molecule has 20 heavy (non-hydrogen) atoms. The molecule has 1 aromatic heterocycles. The van der Waals surface area contributed by atoms with Crippen molar-refractivity contribution < 1.29 is 24.2 Å². The highest BCUT2D eigenvalue weighted by Gasteiger charge is 2.22. The number of carboxylic acid groups (broad SMARTS) is 1. The van der Waals surface area contributed by atoms with Gasteiger partial charge in [0.25, 0.3) is 5.91 Å². The zero-order valence-corrected chi connectivity index (χ0v) is 13.1. The third kappa shape index (κ3) is 5.30. The molecule has 110 valence electrons. The maximum absolute atomic E-state index is 11.8. The summed E-state index contributed by atoms with van der Waals surface area (Å²) in [4.78, 5) is 34.5. The van der Waals surface area contributed by atoms with E-state index in [1.807, 2.05) is 0 Å². The second-order valence-electron chi connectivity index (χ2n) is 3.81. The molecular weight excluding hydrogens is 350 g/mol. The maximum Gasteiger partial charge on any atom is 0.326 e. The highest BCUT2D eigenvalue weighted by molar-refractivity contribution is 9.11. The first-order chi connectivity index (χ1) is 9.43. The first kappa shape index (κ1) is 16.6. The maximum atomic E-state index is 11.8. The number of carbonyl (C=O) groups excluding carboxylic acids is 2. The van der Waals surface area contributed by atoms with Crippen LogP contribution in [0.5, 0.6) is 0 Å². The van der Waals surface area contributed by atoms with E-state index in [4.69, 9.17) is 9.84 Å². The summed E-state index contributed by atoms with van der Waals surface area (Å²) in [7, 11) is 0. The molecule has 1 aromatic rings. The van der Waals surface area contributed by atoms with Gasteiger partial charge in [0.05, 0.1) is 15.3 Å². The Hall–Kier alpha value is -1.41. The molecule has 0 aliphatic rings. The average molecular weight is 364 g/mol. The lowest BCUT2D eigenvalue weighted by atomic mass is 10.1. The molecule has 0 bridgehead atoms. The van der Waals surface area contributed by atoms with Crippen LogP contribution >= 0.6 is 27.3 Å². The summed E-state index contributed by atoms with van der Waals surface area (Å²) >= 11 is 4.43. The summed E-state index contributed by atoms with van der Waals surface area (Å²) in [6.45, 7) is 1.91. The largest absolute Gasteiger partial charge is 0.480 e. The molecule has 0 aromatic carbocycles. The van der Waals surface area contributed by atoms with Crippen LogP contribution in [0.3, 0.4) is 0 Å². The van der Waals surface area contributed by atoms with Crippen LogP contribution in [0.2, 0.25) is 0 Å². The smallest absolute Gasteiger partial charge is 0.326 e. The van der Waals surface area contributed by atoms with Gasteiger partial charge >= 0.3 is 11.9 Å². The van der Waals surface area contributed by atoms with Gasteiger partial charge in [-0.25, -0.2) is 4.79 Å². The van der Waals surface area contributed by atoms with E-state index in [0.717, 1.165) is 3.79 Å².